The molecule has 2 aromatic heterocycles. The third-order valence-corrected chi connectivity index (χ3v) is 8.16. The Bertz CT molecular complexity index is 1460. The van der Waals surface area contributed by atoms with Crippen LogP contribution in [-0.4, -0.2) is 42.1 Å². The molecule has 3 aromatic rings. The zero-order valence-electron chi connectivity index (χ0n) is 21.4. The van der Waals surface area contributed by atoms with E-state index in [1.165, 1.54) is 12.1 Å². The van der Waals surface area contributed by atoms with E-state index in [9.17, 15) is 14.7 Å². The van der Waals surface area contributed by atoms with Crippen molar-refractivity contribution in [2.24, 2.45) is 23.2 Å². The molecule has 0 spiro atoms. The Kier molecular flexibility index (Phi) is 7.48. The first kappa shape index (κ1) is 26.6. The molecule has 39 heavy (non-hydrogen) atoms. The molecule has 9 heteroatoms. The Labute approximate surface area is 231 Å². The van der Waals surface area contributed by atoms with Crippen molar-refractivity contribution in [3.8, 4) is 11.3 Å². The molecular formula is C30H29ClN4O4. The summed E-state index contributed by atoms with van der Waals surface area (Å²) in [5, 5.41) is 28.6. The van der Waals surface area contributed by atoms with Crippen LogP contribution in [0.25, 0.3) is 16.3 Å². The first-order valence-electron chi connectivity index (χ1n) is 12.9. The highest BCUT2D eigenvalue weighted by Gasteiger charge is 2.52. The van der Waals surface area contributed by atoms with Crippen LogP contribution in [0.5, 0.6) is 0 Å². The number of carboxylic acids is 2. The van der Waals surface area contributed by atoms with Crippen LogP contribution in [0.15, 0.2) is 84.9 Å². The van der Waals surface area contributed by atoms with Gasteiger partial charge in [0.1, 0.15) is 5.69 Å². The summed E-state index contributed by atoms with van der Waals surface area (Å²) in [6.07, 6.45) is 15.3. The first-order chi connectivity index (χ1) is 18.8. The normalized spacial score (nSPS) is 24.6. The minimum atomic E-state index is -1.10. The van der Waals surface area contributed by atoms with E-state index in [-0.39, 0.29) is 17.4 Å². The Hall–Kier alpha value is -4.04. The lowest BCUT2D eigenvalue weighted by atomic mass is 9.56. The molecule has 0 amide bonds. The second-order valence-corrected chi connectivity index (χ2v) is 10.7. The van der Waals surface area contributed by atoms with Crippen molar-refractivity contribution in [1.82, 2.24) is 20.0 Å². The average Bonchev–Trinajstić information content (AvgIpc) is 3.41. The van der Waals surface area contributed by atoms with Gasteiger partial charge in [-0.1, -0.05) is 58.8 Å². The zero-order valence-corrected chi connectivity index (χ0v) is 22.2. The lowest BCUT2D eigenvalue weighted by Gasteiger charge is -2.46. The van der Waals surface area contributed by atoms with Gasteiger partial charge in [-0.25, -0.2) is 4.79 Å². The number of carbonyl (C=O) groups is 2. The molecule has 0 bridgehead atoms. The highest BCUT2D eigenvalue weighted by molar-refractivity contribution is 6.48. The van der Waals surface area contributed by atoms with Gasteiger partial charge in [0.25, 0.3) is 0 Å². The summed E-state index contributed by atoms with van der Waals surface area (Å²) >= 11 is 6.66. The van der Waals surface area contributed by atoms with E-state index in [0.29, 0.717) is 23.6 Å². The van der Waals surface area contributed by atoms with Gasteiger partial charge in [0.05, 0.1) is 17.2 Å². The summed E-state index contributed by atoms with van der Waals surface area (Å²) in [6.45, 7) is 2.70. The number of aryl methyl sites for hydroxylation is 1. The molecule has 4 atom stereocenters. The zero-order chi connectivity index (χ0) is 27.6. The number of hydrogen-bond donors (Lipinski definition) is 2. The number of aliphatic carboxylic acids is 1. The van der Waals surface area contributed by atoms with E-state index in [2.05, 4.69) is 15.3 Å². The summed E-state index contributed by atoms with van der Waals surface area (Å²) in [4.78, 5) is 28.2. The van der Waals surface area contributed by atoms with E-state index >= 15 is 0 Å². The van der Waals surface area contributed by atoms with Gasteiger partial charge >= 0.3 is 11.9 Å². The number of allylic oxidation sites excluding steroid dienone is 4. The Morgan fingerprint density at radius 2 is 1.95 bits per heavy atom. The molecule has 2 aliphatic carbocycles. The number of aromatic nitrogens is 4. The molecule has 0 radical (unpaired) electrons. The number of fused-ring (bicyclic) bond motifs is 1. The Balaban J connectivity index is 1.35. The summed E-state index contributed by atoms with van der Waals surface area (Å²) in [7, 11) is 0. The van der Waals surface area contributed by atoms with Crippen molar-refractivity contribution in [2.75, 3.05) is 0 Å². The van der Waals surface area contributed by atoms with Gasteiger partial charge in [0.15, 0.2) is 0 Å². The number of benzene rings is 1. The van der Waals surface area contributed by atoms with Crippen molar-refractivity contribution in [3.63, 3.8) is 0 Å². The highest BCUT2D eigenvalue weighted by Crippen LogP contribution is 2.53. The standard InChI is InChI=1S/C30H29ClN4O4/c1-19-13-24-15-20(9-12-35-18-27(33-34-35)23-3-2-11-32-17-23)8-10-30(24,29(38)39)25(14-19)16-26(31)21-4-6-22(7-5-21)28(36)37/h2-8,10-11,14,16-18,20,24-25H,9,12-13,15H2,1H3,(H,36,37)(H,38,39)/b26-16-/t20-,24-,25-,30-/m0/s1. The van der Waals surface area contributed by atoms with Crippen LogP contribution in [0.4, 0.5) is 0 Å². The number of hydrogen-bond acceptors (Lipinski definition) is 5. The molecule has 0 saturated heterocycles. The summed E-state index contributed by atoms with van der Waals surface area (Å²) < 4.78 is 1.82. The van der Waals surface area contributed by atoms with Crippen molar-refractivity contribution in [2.45, 2.75) is 32.7 Å². The van der Waals surface area contributed by atoms with E-state index in [0.717, 1.165) is 29.7 Å². The van der Waals surface area contributed by atoms with Crippen LogP contribution >= 0.6 is 11.6 Å². The van der Waals surface area contributed by atoms with Gasteiger partial charge in [-0.05, 0) is 67.9 Å². The summed E-state index contributed by atoms with van der Waals surface area (Å²) in [6, 6.07) is 10.1. The predicted molar refractivity (Wildman–Crippen MR) is 148 cm³/mol. The lowest BCUT2D eigenvalue weighted by molar-refractivity contribution is -0.152. The van der Waals surface area contributed by atoms with Gasteiger partial charge in [0, 0.05) is 35.5 Å². The van der Waals surface area contributed by atoms with Gasteiger partial charge in [-0.15, -0.1) is 5.10 Å². The van der Waals surface area contributed by atoms with E-state index in [1.54, 1.807) is 30.6 Å². The second kappa shape index (κ2) is 11.0. The van der Waals surface area contributed by atoms with Crippen LogP contribution in [-0.2, 0) is 11.3 Å². The molecule has 2 aliphatic rings. The quantitative estimate of drug-likeness (QED) is 0.337. The molecule has 0 unspecified atom stereocenters. The number of nitrogens with zero attached hydrogens (tertiary/aromatic N) is 4. The number of rotatable bonds is 8. The maximum atomic E-state index is 12.8. The molecule has 1 aromatic carbocycles. The molecule has 200 valence electrons. The highest BCUT2D eigenvalue weighted by atomic mass is 35.5. The molecule has 0 fully saturated rings. The molecule has 0 aliphatic heterocycles. The van der Waals surface area contributed by atoms with Gasteiger partial charge in [-0.3, -0.25) is 14.5 Å². The fourth-order valence-corrected chi connectivity index (χ4v) is 6.04. The fourth-order valence-electron chi connectivity index (χ4n) is 5.77. The lowest BCUT2D eigenvalue weighted by Crippen LogP contribution is -2.47. The largest absolute Gasteiger partial charge is 0.481 e. The minimum Gasteiger partial charge on any atom is -0.481 e. The first-order valence-corrected chi connectivity index (χ1v) is 13.3. The van der Waals surface area contributed by atoms with Crippen molar-refractivity contribution < 1.29 is 19.8 Å². The Morgan fingerprint density at radius 1 is 1.18 bits per heavy atom. The summed E-state index contributed by atoms with van der Waals surface area (Å²) in [5.41, 5.74) is 2.52. The number of halogens is 1. The van der Waals surface area contributed by atoms with Crippen LogP contribution in [0.1, 0.15) is 42.1 Å². The van der Waals surface area contributed by atoms with Crippen LogP contribution in [0, 0.1) is 23.2 Å². The van der Waals surface area contributed by atoms with Gasteiger partial charge < -0.3 is 10.2 Å². The number of pyridine rings is 1. The monoisotopic (exact) mass is 544 g/mol. The second-order valence-electron chi connectivity index (χ2n) is 10.3. The van der Waals surface area contributed by atoms with Crippen LogP contribution < -0.4 is 0 Å². The maximum Gasteiger partial charge on any atom is 0.335 e. The SMILES string of the molecule is CC1=C[C@@H](/C=C(\Cl)c2ccc(C(=O)O)cc2)[C@]2(C(=O)O)C=C[C@@H](CCn3cc(-c4cccnc4)nn3)C[C@@H]2C1. The molecule has 8 nitrogen and oxygen atoms in total. The predicted octanol–water partition coefficient (Wildman–Crippen LogP) is 5.94. The van der Waals surface area contributed by atoms with Crippen LogP contribution in [0.3, 0.4) is 0 Å². The topological polar surface area (TPSA) is 118 Å². The van der Waals surface area contributed by atoms with Crippen molar-refractivity contribution in [1.29, 1.82) is 0 Å². The molecule has 2 heterocycles. The third kappa shape index (κ3) is 5.43. The number of aromatic carboxylic acids is 1. The number of carboxylic acid groups (broad SMARTS) is 2. The molecular weight excluding hydrogens is 516 g/mol. The van der Waals surface area contributed by atoms with Gasteiger partial charge in [0.2, 0.25) is 0 Å². The third-order valence-electron chi connectivity index (χ3n) is 7.82. The van der Waals surface area contributed by atoms with E-state index in [4.69, 9.17) is 16.7 Å². The van der Waals surface area contributed by atoms with Crippen molar-refractivity contribution >= 4 is 28.6 Å². The fraction of sp³-hybridized carbons (Fsp3) is 0.300. The summed E-state index contributed by atoms with van der Waals surface area (Å²) in [5.74, 6) is -2.19. The van der Waals surface area contributed by atoms with E-state index < -0.39 is 23.3 Å². The van der Waals surface area contributed by atoms with Crippen LogP contribution in [0.2, 0.25) is 0 Å². The minimum absolute atomic E-state index is 0.0863. The average molecular weight is 545 g/mol. The van der Waals surface area contributed by atoms with Crippen molar-refractivity contribution in [3.05, 3.63) is 96.0 Å². The molecule has 2 N–H and O–H groups in total. The smallest absolute Gasteiger partial charge is 0.335 e. The van der Waals surface area contributed by atoms with Gasteiger partial charge in [-0.2, -0.15) is 0 Å². The van der Waals surface area contributed by atoms with E-state index in [1.807, 2.05) is 48.2 Å². The molecule has 5 rings (SSSR count). The molecule has 0 saturated carbocycles. The Morgan fingerprint density at radius 3 is 2.64 bits per heavy atom. The maximum absolute atomic E-state index is 12.8.